The molecule has 0 rings (SSSR count). The highest BCUT2D eigenvalue weighted by Gasteiger charge is 2.26. The quantitative estimate of drug-likeness (QED) is 0.399. The number of likely N-dealkylation sites (N-methyl/N-ethyl adjacent to an activating group) is 1. The molecule has 0 saturated heterocycles. The molecule has 0 bridgehead atoms. The van der Waals surface area contributed by atoms with Crippen LogP contribution in [0.3, 0.4) is 0 Å². The van der Waals surface area contributed by atoms with Gasteiger partial charge >= 0.3 is 18.0 Å². The summed E-state index contributed by atoms with van der Waals surface area (Å²) in [6.45, 7) is 0. The van der Waals surface area contributed by atoms with Crippen molar-refractivity contribution in [1.82, 2.24) is 23.4 Å². The molecule has 0 aliphatic carbocycles. The number of amides is 1. The molecule has 12 N–H and O–H groups in total. The molecule has 0 aliphatic heterocycles. The molecule has 1 amide bonds. The molecule has 10 nitrogen and oxygen atoms in total. The largest absolute Gasteiger partial charge is 0.481 e. The third-order valence-electron chi connectivity index (χ3n) is 1.69. The van der Waals surface area contributed by atoms with E-state index in [9.17, 15) is 14.4 Å². The minimum atomic E-state index is -1.40. The summed E-state index contributed by atoms with van der Waals surface area (Å²) < 4.78 is 0. The molecule has 17 heavy (non-hydrogen) atoms. The molecule has 0 aromatic rings. The minimum Gasteiger partial charge on any atom is -0.481 e. The van der Waals surface area contributed by atoms with Crippen LogP contribution in [0.15, 0.2) is 0 Å². The molecule has 0 aliphatic rings. The zero-order chi connectivity index (χ0) is 11.3. The molecule has 0 saturated carbocycles. The lowest BCUT2D eigenvalue weighted by atomic mass is 10.1. The van der Waals surface area contributed by atoms with E-state index >= 15 is 0 Å². The van der Waals surface area contributed by atoms with Crippen molar-refractivity contribution < 1.29 is 29.7 Å². The highest BCUT2D eigenvalue weighted by molar-refractivity contribution is 5.79. The van der Waals surface area contributed by atoms with E-state index in [1.54, 1.807) is 0 Å². The Kier molecular flexibility index (Phi) is 15.2. The normalized spacial score (nSPS) is 9.71. The summed E-state index contributed by atoms with van der Waals surface area (Å²) in [4.78, 5) is 31.7. The van der Waals surface area contributed by atoms with Gasteiger partial charge in [0.2, 0.25) is 0 Å². The standard InChI is InChI=1S/C7H11NO6.3H3N/c1-8(7(13)14)4(6(11)12)2-3-5(9)10;;;/h4H,2-3H2,1H3,(H,9,10)(H,11,12)(H,13,14);3*1H3/t4-;;;/m0.../s1. The Bertz CT molecular complexity index is 259. The second-order valence-electron chi connectivity index (χ2n) is 2.68. The number of hydrogen-bond acceptors (Lipinski definition) is 6. The third kappa shape index (κ3) is 9.04. The Balaban J connectivity index is -0.000000282. The smallest absolute Gasteiger partial charge is 0.407 e. The van der Waals surface area contributed by atoms with Gasteiger partial charge in [0.25, 0.3) is 0 Å². The summed E-state index contributed by atoms with van der Waals surface area (Å²) in [5.74, 6) is -2.51. The zero-order valence-electron chi connectivity index (χ0n) is 9.63. The van der Waals surface area contributed by atoms with Crippen molar-refractivity contribution in [2.75, 3.05) is 7.05 Å². The van der Waals surface area contributed by atoms with Crippen LogP contribution in [-0.4, -0.2) is 51.3 Å². The average molecular weight is 256 g/mol. The van der Waals surface area contributed by atoms with E-state index in [0.717, 1.165) is 7.05 Å². The van der Waals surface area contributed by atoms with Crippen molar-refractivity contribution >= 4 is 18.0 Å². The fourth-order valence-electron chi connectivity index (χ4n) is 0.876. The Morgan fingerprint density at radius 1 is 1.06 bits per heavy atom. The fourth-order valence-corrected chi connectivity index (χ4v) is 0.876. The van der Waals surface area contributed by atoms with Gasteiger partial charge in [-0.05, 0) is 6.42 Å². The highest BCUT2D eigenvalue weighted by Crippen LogP contribution is 2.05. The van der Waals surface area contributed by atoms with Gasteiger partial charge in [0, 0.05) is 13.5 Å². The molecular weight excluding hydrogens is 236 g/mol. The van der Waals surface area contributed by atoms with Crippen LogP contribution in [0.4, 0.5) is 4.79 Å². The lowest BCUT2D eigenvalue weighted by Crippen LogP contribution is -2.41. The van der Waals surface area contributed by atoms with Gasteiger partial charge in [0.15, 0.2) is 0 Å². The average Bonchev–Trinajstić information content (AvgIpc) is 2.02. The van der Waals surface area contributed by atoms with E-state index in [2.05, 4.69) is 0 Å². The van der Waals surface area contributed by atoms with E-state index in [4.69, 9.17) is 15.3 Å². The Morgan fingerprint density at radius 2 is 1.47 bits per heavy atom. The Labute approximate surface area is 98.0 Å². The van der Waals surface area contributed by atoms with Crippen LogP contribution in [-0.2, 0) is 9.59 Å². The summed E-state index contributed by atoms with van der Waals surface area (Å²) in [6.07, 6.45) is -2.02. The van der Waals surface area contributed by atoms with Crippen molar-refractivity contribution in [3.05, 3.63) is 0 Å². The first-order chi connectivity index (χ1) is 6.36. The number of aliphatic carboxylic acids is 2. The monoisotopic (exact) mass is 256 g/mol. The second kappa shape index (κ2) is 10.6. The van der Waals surface area contributed by atoms with Crippen LogP contribution in [0.25, 0.3) is 0 Å². The van der Waals surface area contributed by atoms with Crippen LogP contribution in [0, 0.1) is 0 Å². The minimum absolute atomic E-state index is 0. The van der Waals surface area contributed by atoms with E-state index in [1.807, 2.05) is 0 Å². The van der Waals surface area contributed by atoms with Crippen molar-refractivity contribution in [2.45, 2.75) is 18.9 Å². The molecule has 0 unspecified atom stereocenters. The van der Waals surface area contributed by atoms with Gasteiger partial charge < -0.3 is 33.8 Å². The predicted molar refractivity (Wildman–Crippen MR) is 59.1 cm³/mol. The number of carboxylic acids is 2. The first-order valence-electron chi connectivity index (χ1n) is 3.76. The summed E-state index contributed by atoms with van der Waals surface area (Å²) in [7, 11) is 1.09. The van der Waals surface area contributed by atoms with Crippen LogP contribution in [0.5, 0.6) is 0 Å². The lowest BCUT2D eigenvalue weighted by Gasteiger charge is -2.20. The first-order valence-corrected chi connectivity index (χ1v) is 3.76. The van der Waals surface area contributed by atoms with Crippen molar-refractivity contribution in [3.63, 3.8) is 0 Å². The number of carbonyl (C=O) groups is 3. The van der Waals surface area contributed by atoms with Crippen LogP contribution < -0.4 is 18.5 Å². The fraction of sp³-hybridized carbons (Fsp3) is 0.571. The Hall–Kier alpha value is -1.91. The molecular formula is C7H20N4O6. The maximum Gasteiger partial charge on any atom is 0.407 e. The molecule has 0 radical (unpaired) electrons. The third-order valence-corrected chi connectivity index (χ3v) is 1.69. The van der Waals surface area contributed by atoms with Crippen LogP contribution in [0.2, 0.25) is 0 Å². The summed E-state index contributed by atoms with van der Waals surface area (Å²) in [5.41, 5.74) is 0. The summed E-state index contributed by atoms with van der Waals surface area (Å²) >= 11 is 0. The predicted octanol–water partition coefficient (Wildman–Crippen LogP) is 0.400. The molecule has 0 heterocycles. The number of rotatable bonds is 5. The van der Waals surface area contributed by atoms with Crippen molar-refractivity contribution in [3.8, 4) is 0 Å². The maximum atomic E-state index is 10.6. The number of nitrogens with zero attached hydrogens (tertiary/aromatic N) is 1. The molecule has 104 valence electrons. The van der Waals surface area contributed by atoms with Gasteiger partial charge in [0.1, 0.15) is 6.04 Å². The molecule has 1 atom stereocenters. The van der Waals surface area contributed by atoms with Crippen LogP contribution in [0.1, 0.15) is 12.8 Å². The van der Waals surface area contributed by atoms with E-state index in [1.165, 1.54) is 0 Å². The van der Waals surface area contributed by atoms with E-state index in [0.29, 0.717) is 4.90 Å². The van der Waals surface area contributed by atoms with Gasteiger partial charge in [-0.2, -0.15) is 0 Å². The number of carboxylic acid groups (broad SMARTS) is 3. The summed E-state index contributed by atoms with van der Waals surface area (Å²) in [6, 6.07) is -1.32. The van der Waals surface area contributed by atoms with Gasteiger partial charge in [-0.3, -0.25) is 9.69 Å². The van der Waals surface area contributed by atoms with E-state index < -0.39 is 24.1 Å². The molecule has 0 spiro atoms. The molecule has 0 aromatic heterocycles. The highest BCUT2D eigenvalue weighted by atomic mass is 16.4. The topological polar surface area (TPSA) is 220 Å². The Morgan fingerprint density at radius 3 is 1.71 bits per heavy atom. The van der Waals surface area contributed by atoms with Gasteiger partial charge in [0.05, 0.1) is 0 Å². The maximum absolute atomic E-state index is 10.6. The number of hydrogen-bond donors (Lipinski definition) is 6. The van der Waals surface area contributed by atoms with Crippen molar-refractivity contribution in [1.29, 1.82) is 0 Å². The van der Waals surface area contributed by atoms with E-state index in [-0.39, 0.29) is 31.3 Å². The van der Waals surface area contributed by atoms with Gasteiger partial charge in [-0.25, -0.2) is 9.59 Å². The SMILES string of the molecule is CN(C(=O)O)[C@@H](CCC(=O)O)C(=O)O.N.N.N. The first kappa shape index (κ1) is 24.4. The summed E-state index contributed by atoms with van der Waals surface area (Å²) in [5, 5.41) is 25.4. The van der Waals surface area contributed by atoms with Gasteiger partial charge in [-0.1, -0.05) is 0 Å². The zero-order valence-corrected chi connectivity index (χ0v) is 9.63. The van der Waals surface area contributed by atoms with Gasteiger partial charge in [-0.15, -0.1) is 0 Å². The molecule has 10 heteroatoms. The lowest BCUT2D eigenvalue weighted by molar-refractivity contribution is -0.143. The van der Waals surface area contributed by atoms with Crippen molar-refractivity contribution in [2.24, 2.45) is 0 Å². The molecule has 0 aromatic carbocycles. The van der Waals surface area contributed by atoms with Crippen LogP contribution >= 0.6 is 0 Å². The second-order valence-corrected chi connectivity index (χ2v) is 2.68. The molecule has 0 fully saturated rings.